The summed E-state index contributed by atoms with van der Waals surface area (Å²) in [4.78, 5) is 16.0. The van der Waals surface area contributed by atoms with E-state index in [0.29, 0.717) is 31.7 Å². The molecule has 0 saturated carbocycles. The molecule has 3 rings (SSSR count). The van der Waals surface area contributed by atoms with Gasteiger partial charge in [0.2, 0.25) is 10.0 Å². The van der Waals surface area contributed by atoms with Gasteiger partial charge in [-0.15, -0.1) is 0 Å². The highest BCUT2D eigenvalue weighted by Crippen LogP contribution is 2.17. The van der Waals surface area contributed by atoms with Crippen molar-refractivity contribution in [2.45, 2.75) is 24.3 Å². The van der Waals surface area contributed by atoms with Crippen molar-refractivity contribution in [2.24, 2.45) is 0 Å². The maximum absolute atomic E-state index is 12.6. The van der Waals surface area contributed by atoms with Gasteiger partial charge in [0.15, 0.2) is 5.58 Å². The van der Waals surface area contributed by atoms with Gasteiger partial charge in [-0.3, -0.25) is 9.88 Å². The number of H-pyrrole nitrogens is 1. The standard InChI is InChI=1S/C15H21N3O5S/c1-2-11(10-18-5-7-22-8-6-18)17-24(20,21)12-3-4-13-14(9-12)23-15(19)16-13/h3-4,9,11,17H,2,5-8,10H2,1H3,(H,16,19)/t11-/m1/s1. The van der Waals surface area contributed by atoms with Crippen LogP contribution in [-0.2, 0) is 14.8 Å². The lowest BCUT2D eigenvalue weighted by molar-refractivity contribution is 0.0344. The number of aromatic amines is 1. The minimum Gasteiger partial charge on any atom is -0.408 e. The molecule has 132 valence electrons. The minimum absolute atomic E-state index is 0.0816. The topological polar surface area (TPSA) is 105 Å². The number of sulfonamides is 1. The SMILES string of the molecule is CC[C@H](CN1CCOCC1)NS(=O)(=O)c1ccc2[nH]c(=O)oc2c1. The average Bonchev–Trinajstić information content (AvgIpc) is 2.94. The normalized spacial score (nSPS) is 18.0. The van der Waals surface area contributed by atoms with Gasteiger partial charge >= 0.3 is 5.76 Å². The highest BCUT2D eigenvalue weighted by molar-refractivity contribution is 7.89. The zero-order chi connectivity index (χ0) is 17.2. The summed E-state index contributed by atoms with van der Waals surface area (Å²) < 4.78 is 38.2. The molecule has 2 N–H and O–H groups in total. The van der Waals surface area contributed by atoms with Crippen LogP contribution in [0.5, 0.6) is 0 Å². The average molecular weight is 355 g/mol. The molecule has 1 atom stereocenters. The molecule has 24 heavy (non-hydrogen) atoms. The molecule has 9 heteroatoms. The Bertz CT molecular complexity index is 851. The van der Waals surface area contributed by atoms with E-state index < -0.39 is 15.8 Å². The van der Waals surface area contributed by atoms with Crippen molar-refractivity contribution in [3.8, 4) is 0 Å². The van der Waals surface area contributed by atoms with Crippen LogP contribution in [0.15, 0.2) is 32.3 Å². The van der Waals surface area contributed by atoms with Gasteiger partial charge in [0.05, 0.1) is 23.6 Å². The first-order chi connectivity index (χ1) is 11.5. The maximum atomic E-state index is 12.6. The van der Waals surface area contributed by atoms with Crippen molar-refractivity contribution in [1.82, 2.24) is 14.6 Å². The summed E-state index contributed by atoms with van der Waals surface area (Å²) in [5.41, 5.74) is 0.698. The summed E-state index contributed by atoms with van der Waals surface area (Å²) in [5, 5.41) is 0. The fourth-order valence-electron chi connectivity index (χ4n) is 2.73. The Hall–Kier alpha value is -1.68. The van der Waals surface area contributed by atoms with Gasteiger partial charge < -0.3 is 9.15 Å². The van der Waals surface area contributed by atoms with Crippen LogP contribution in [0.1, 0.15) is 13.3 Å². The van der Waals surface area contributed by atoms with Crippen LogP contribution in [0.2, 0.25) is 0 Å². The molecular weight excluding hydrogens is 334 g/mol. The van der Waals surface area contributed by atoms with Crippen molar-refractivity contribution < 1.29 is 17.6 Å². The van der Waals surface area contributed by atoms with Gasteiger partial charge in [-0.2, -0.15) is 0 Å². The van der Waals surface area contributed by atoms with Crippen LogP contribution in [-0.4, -0.2) is 57.2 Å². The van der Waals surface area contributed by atoms with Crippen molar-refractivity contribution in [3.05, 3.63) is 28.7 Å². The first-order valence-corrected chi connectivity index (χ1v) is 9.41. The smallest absolute Gasteiger partial charge is 0.408 e. The van der Waals surface area contributed by atoms with Gasteiger partial charge in [0.25, 0.3) is 0 Å². The van der Waals surface area contributed by atoms with E-state index in [9.17, 15) is 13.2 Å². The van der Waals surface area contributed by atoms with Crippen LogP contribution >= 0.6 is 0 Å². The van der Waals surface area contributed by atoms with Crippen molar-refractivity contribution in [1.29, 1.82) is 0 Å². The van der Waals surface area contributed by atoms with E-state index in [1.807, 2.05) is 6.92 Å². The highest BCUT2D eigenvalue weighted by Gasteiger charge is 2.22. The Labute approximate surface area is 139 Å². The van der Waals surface area contributed by atoms with Crippen LogP contribution < -0.4 is 10.5 Å². The van der Waals surface area contributed by atoms with E-state index >= 15 is 0 Å². The largest absolute Gasteiger partial charge is 0.417 e. The van der Waals surface area contributed by atoms with Gasteiger partial charge in [-0.05, 0) is 18.6 Å². The Morgan fingerprint density at radius 1 is 1.33 bits per heavy atom. The molecule has 8 nitrogen and oxygen atoms in total. The molecular formula is C15H21N3O5S. The molecule has 0 amide bonds. The number of nitrogens with one attached hydrogen (secondary N) is 2. The van der Waals surface area contributed by atoms with Crippen molar-refractivity contribution in [3.63, 3.8) is 0 Å². The van der Waals surface area contributed by atoms with E-state index in [0.717, 1.165) is 13.1 Å². The van der Waals surface area contributed by atoms with E-state index in [4.69, 9.17) is 9.15 Å². The number of hydrogen-bond donors (Lipinski definition) is 2. The lowest BCUT2D eigenvalue weighted by Gasteiger charge is -2.30. The second-order valence-corrected chi connectivity index (χ2v) is 7.53. The van der Waals surface area contributed by atoms with E-state index in [1.165, 1.54) is 18.2 Å². The first-order valence-electron chi connectivity index (χ1n) is 7.93. The summed E-state index contributed by atoms with van der Waals surface area (Å²) in [6.45, 7) is 5.54. The van der Waals surface area contributed by atoms with Gasteiger partial charge in [-0.1, -0.05) is 6.92 Å². The first kappa shape index (κ1) is 17.2. The minimum atomic E-state index is -3.69. The number of fused-ring (bicyclic) bond motifs is 1. The van der Waals surface area contributed by atoms with Gasteiger partial charge in [-0.25, -0.2) is 17.9 Å². The number of rotatable bonds is 6. The molecule has 1 aliphatic rings. The third-order valence-electron chi connectivity index (χ3n) is 4.10. The summed E-state index contributed by atoms with van der Waals surface area (Å²) in [5.74, 6) is -0.605. The molecule has 0 radical (unpaired) electrons. The molecule has 1 fully saturated rings. The molecule has 0 bridgehead atoms. The zero-order valence-corrected chi connectivity index (χ0v) is 14.3. The Balaban J connectivity index is 1.75. The highest BCUT2D eigenvalue weighted by atomic mass is 32.2. The molecule has 2 heterocycles. The summed E-state index contributed by atoms with van der Waals surface area (Å²) in [6.07, 6.45) is 0.679. The summed E-state index contributed by atoms with van der Waals surface area (Å²) >= 11 is 0. The summed E-state index contributed by atoms with van der Waals surface area (Å²) in [6, 6.07) is 4.15. The Morgan fingerprint density at radius 3 is 2.79 bits per heavy atom. The number of nitrogens with zero attached hydrogens (tertiary/aromatic N) is 1. The fourth-order valence-corrected chi connectivity index (χ4v) is 4.05. The molecule has 0 spiro atoms. The predicted octanol–water partition coefficient (Wildman–Crippen LogP) is 0.510. The molecule has 0 unspecified atom stereocenters. The van der Waals surface area contributed by atoms with E-state index in [-0.39, 0.29) is 16.5 Å². The number of morpholine rings is 1. The van der Waals surface area contributed by atoms with Crippen molar-refractivity contribution in [2.75, 3.05) is 32.8 Å². The molecule has 2 aromatic rings. The molecule has 1 aliphatic heterocycles. The predicted molar refractivity (Wildman–Crippen MR) is 88.5 cm³/mol. The second kappa shape index (κ2) is 7.06. The van der Waals surface area contributed by atoms with Crippen LogP contribution in [0.3, 0.4) is 0 Å². The summed E-state index contributed by atoms with van der Waals surface area (Å²) in [7, 11) is -3.69. The van der Waals surface area contributed by atoms with Crippen LogP contribution in [0.25, 0.3) is 11.1 Å². The second-order valence-electron chi connectivity index (χ2n) is 5.81. The number of ether oxygens (including phenoxy) is 1. The number of benzene rings is 1. The maximum Gasteiger partial charge on any atom is 0.417 e. The fraction of sp³-hybridized carbons (Fsp3) is 0.533. The van der Waals surface area contributed by atoms with E-state index in [1.54, 1.807) is 0 Å². The zero-order valence-electron chi connectivity index (χ0n) is 13.4. The Kier molecular flexibility index (Phi) is 5.04. The molecule has 0 aliphatic carbocycles. The van der Waals surface area contributed by atoms with Crippen LogP contribution in [0, 0.1) is 0 Å². The quantitative estimate of drug-likeness (QED) is 0.782. The third-order valence-corrected chi connectivity index (χ3v) is 5.62. The van der Waals surface area contributed by atoms with E-state index in [2.05, 4.69) is 14.6 Å². The van der Waals surface area contributed by atoms with Gasteiger partial charge in [0.1, 0.15) is 0 Å². The molecule has 1 saturated heterocycles. The number of oxazole rings is 1. The van der Waals surface area contributed by atoms with Gasteiger partial charge in [0, 0.05) is 31.7 Å². The molecule has 1 aromatic carbocycles. The van der Waals surface area contributed by atoms with Crippen LogP contribution in [0.4, 0.5) is 0 Å². The Morgan fingerprint density at radius 2 is 2.08 bits per heavy atom. The lowest BCUT2D eigenvalue weighted by atomic mass is 10.2. The molecule has 1 aromatic heterocycles. The third kappa shape index (κ3) is 3.86. The number of hydrogen-bond acceptors (Lipinski definition) is 6. The monoisotopic (exact) mass is 355 g/mol. The van der Waals surface area contributed by atoms with Crippen molar-refractivity contribution >= 4 is 21.1 Å². The number of aromatic nitrogens is 1. The lowest BCUT2D eigenvalue weighted by Crippen LogP contribution is -2.47.